The topological polar surface area (TPSA) is 153 Å². The lowest BCUT2D eigenvalue weighted by atomic mass is 9.90. The minimum atomic E-state index is -1.07. The average Bonchev–Trinajstić information content (AvgIpc) is 2.99. The number of pyridine rings is 1. The Balaban J connectivity index is 1.51. The number of anilines is 1. The molecule has 1 aliphatic carbocycles. The van der Waals surface area contributed by atoms with Crippen LogP contribution in [0.3, 0.4) is 0 Å². The van der Waals surface area contributed by atoms with E-state index in [-0.39, 0.29) is 6.54 Å². The van der Waals surface area contributed by atoms with E-state index in [0.717, 1.165) is 42.2 Å². The predicted octanol–water partition coefficient (Wildman–Crippen LogP) is 2.28. The van der Waals surface area contributed by atoms with Crippen molar-refractivity contribution >= 4 is 34.4 Å². The van der Waals surface area contributed by atoms with Gasteiger partial charge in [-0.1, -0.05) is 48.5 Å². The van der Waals surface area contributed by atoms with Gasteiger partial charge < -0.3 is 15.2 Å². The molecule has 5 rings (SSSR count). The number of carbonyl (C=O) groups excluding carboxylic acids is 3. The summed E-state index contributed by atoms with van der Waals surface area (Å²) in [5.41, 5.74) is 6.99. The van der Waals surface area contributed by atoms with Crippen LogP contribution in [0.5, 0.6) is 0 Å². The summed E-state index contributed by atoms with van der Waals surface area (Å²) in [6.45, 7) is -1.59. The first-order valence-corrected chi connectivity index (χ1v) is 13.1. The highest BCUT2D eigenvalue weighted by Crippen LogP contribution is 2.29. The van der Waals surface area contributed by atoms with Gasteiger partial charge in [-0.3, -0.25) is 23.9 Å². The molecular weight excluding hydrogens is 528 g/mol. The summed E-state index contributed by atoms with van der Waals surface area (Å²) in [4.78, 5) is 70.0. The van der Waals surface area contributed by atoms with Gasteiger partial charge in [0.05, 0.1) is 24.7 Å². The summed E-state index contributed by atoms with van der Waals surface area (Å²) in [6, 6.07) is 16.0. The SMILES string of the molecule is COC(=O)Cn1c(=O)c(C(=O)COC(=O)c2c3c(nc4ccccc24)CCCC3)c(N)n(Cc2ccccc2)c1=O. The van der Waals surface area contributed by atoms with Gasteiger partial charge in [-0.2, -0.15) is 0 Å². The molecule has 0 aliphatic heterocycles. The highest BCUT2D eigenvalue weighted by molar-refractivity contribution is 6.07. The molecule has 2 aromatic heterocycles. The zero-order valence-electron chi connectivity index (χ0n) is 22.4. The lowest BCUT2D eigenvalue weighted by Gasteiger charge is -2.20. The molecule has 0 amide bonds. The van der Waals surface area contributed by atoms with Crippen molar-refractivity contribution in [1.29, 1.82) is 0 Å². The molecule has 41 heavy (non-hydrogen) atoms. The van der Waals surface area contributed by atoms with Gasteiger partial charge in [0.1, 0.15) is 17.9 Å². The number of aryl methyl sites for hydroxylation is 1. The number of hydrogen-bond acceptors (Lipinski definition) is 9. The van der Waals surface area contributed by atoms with E-state index in [1.54, 1.807) is 42.5 Å². The minimum Gasteiger partial charge on any atom is -0.468 e. The lowest BCUT2D eigenvalue weighted by Crippen LogP contribution is -2.46. The zero-order chi connectivity index (χ0) is 29.1. The van der Waals surface area contributed by atoms with Crippen LogP contribution >= 0.6 is 0 Å². The molecule has 210 valence electrons. The maximum absolute atomic E-state index is 13.4. The normalized spacial score (nSPS) is 12.5. The quantitative estimate of drug-likeness (QED) is 0.254. The van der Waals surface area contributed by atoms with Gasteiger partial charge in [0.2, 0.25) is 5.78 Å². The summed E-state index contributed by atoms with van der Waals surface area (Å²) in [6.07, 6.45) is 3.24. The molecule has 0 radical (unpaired) electrons. The van der Waals surface area contributed by atoms with Crippen LogP contribution < -0.4 is 17.0 Å². The average molecular weight is 557 g/mol. The second-order valence-electron chi connectivity index (χ2n) is 9.72. The van der Waals surface area contributed by atoms with E-state index in [1.165, 1.54) is 0 Å². The van der Waals surface area contributed by atoms with Gasteiger partial charge in [-0.05, 0) is 42.9 Å². The van der Waals surface area contributed by atoms with Crippen LogP contribution in [0.4, 0.5) is 5.82 Å². The fraction of sp³-hybridized carbons (Fsp3) is 0.267. The first-order chi connectivity index (χ1) is 19.8. The monoisotopic (exact) mass is 556 g/mol. The molecule has 4 aromatic rings. The molecule has 0 bridgehead atoms. The number of benzene rings is 2. The number of rotatable bonds is 8. The molecule has 11 heteroatoms. The van der Waals surface area contributed by atoms with E-state index in [2.05, 4.69) is 4.74 Å². The molecular formula is C30H28N4O7. The number of methoxy groups -OCH3 is 1. The van der Waals surface area contributed by atoms with Gasteiger partial charge in [0.25, 0.3) is 5.56 Å². The molecule has 0 saturated heterocycles. The number of carbonyl (C=O) groups is 3. The third-order valence-electron chi connectivity index (χ3n) is 7.15. The van der Waals surface area contributed by atoms with Gasteiger partial charge in [-0.25, -0.2) is 14.2 Å². The van der Waals surface area contributed by atoms with Gasteiger partial charge in [-0.15, -0.1) is 0 Å². The number of hydrogen-bond donors (Lipinski definition) is 1. The van der Waals surface area contributed by atoms with E-state index in [4.69, 9.17) is 15.5 Å². The summed E-state index contributed by atoms with van der Waals surface area (Å²) < 4.78 is 11.7. The van der Waals surface area contributed by atoms with E-state index in [1.807, 2.05) is 12.1 Å². The molecule has 0 saturated carbocycles. The number of fused-ring (bicyclic) bond motifs is 2. The minimum absolute atomic E-state index is 0.0673. The highest BCUT2D eigenvalue weighted by Gasteiger charge is 2.27. The number of nitrogens with zero attached hydrogens (tertiary/aromatic N) is 3. The van der Waals surface area contributed by atoms with Crippen LogP contribution in [0.1, 0.15) is 50.4 Å². The Morgan fingerprint density at radius 3 is 2.39 bits per heavy atom. The maximum Gasteiger partial charge on any atom is 0.339 e. The van der Waals surface area contributed by atoms with Crippen molar-refractivity contribution in [2.45, 2.75) is 38.8 Å². The molecule has 2 aromatic carbocycles. The zero-order valence-corrected chi connectivity index (χ0v) is 22.4. The molecule has 11 nitrogen and oxygen atoms in total. The second kappa shape index (κ2) is 11.6. The predicted molar refractivity (Wildman–Crippen MR) is 150 cm³/mol. The summed E-state index contributed by atoms with van der Waals surface area (Å²) in [5, 5.41) is 0.613. The largest absolute Gasteiger partial charge is 0.468 e. The number of esters is 2. The Kier molecular flexibility index (Phi) is 7.77. The lowest BCUT2D eigenvalue weighted by molar-refractivity contribution is -0.141. The van der Waals surface area contributed by atoms with Crippen molar-refractivity contribution in [3.05, 3.63) is 103 Å². The van der Waals surface area contributed by atoms with E-state index in [0.29, 0.717) is 33.0 Å². The van der Waals surface area contributed by atoms with Crippen LogP contribution in [0.25, 0.3) is 10.9 Å². The number of ketones is 1. The molecule has 0 fully saturated rings. The molecule has 2 N–H and O–H groups in total. The van der Waals surface area contributed by atoms with Crippen molar-refractivity contribution in [3.8, 4) is 0 Å². The van der Waals surface area contributed by atoms with Crippen molar-refractivity contribution in [2.24, 2.45) is 0 Å². The Morgan fingerprint density at radius 2 is 1.63 bits per heavy atom. The molecule has 0 atom stereocenters. The second-order valence-corrected chi connectivity index (χ2v) is 9.72. The third kappa shape index (κ3) is 5.38. The van der Waals surface area contributed by atoms with Crippen molar-refractivity contribution < 1.29 is 23.9 Å². The summed E-state index contributed by atoms with van der Waals surface area (Å²) >= 11 is 0. The van der Waals surface area contributed by atoms with Crippen LogP contribution in [0, 0.1) is 0 Å². The number of aromatic nitrogens is 3. The van der Waals surface area contributed by atoms with Gasteiger partial charge in [0, 0.05) is 11.1 Å². The van der Waals surface area contributed by atoms with E-state index < -0.39 is 53.5 Å². The summed E-state index contributed by atoms with van der Waals surface area (Å²) in [5.74, 6) is -2.88. The highest BCUT2D eigenvalue weighted by atomic mass is 16.5. The van der Waals surface area contributed by atoms with Crippen molar-refractivity contribution in [3.63, 3.8) is 0 Å². The fourth-order valence-corrected chi connectivity index (χ4v) is 5.11. The number of para-hydroxylation sites is 1. The standard InChI is InChI=1S/C30H28N4O7/c1-40-24(36)16-34-28(37)26(27(31)33(30(34)39)15-18-9-3-2-4-10-18)23(35)17-41-29(38)25-19-11-5-7-13-21(19)32-22-14-8-6-12-20(22)25/h2-5,7,9-11,13H,6,8,12,14-17,31H2,1H3. The van der Waals surface area contributed by atoms with Crippen LogP contribution in [0.2, 0.25) is 0 Å². The van der Waals surface area contributed by atoms with Crippen LogP contribution in [-0.4, -0.2) is 45.6 Å². The Bertz CT molecular complexity index is 1790. The van der Waals surface area contributed by atoms with Crippen molar-refractivity contribution in [1.82, 2.24) is 14.1 Å². The van der Waals surface area contributed by atoms with Crippen LogP contribution in [0.15, 0.2) is 64.2 Å². The number of Topliss-reactive ketones (excluding diaryl/α,β-unsaturated/α-hetero) is 1. The van der Waals surface area contributed by atoms with E-state index >= 15 is 0 Å². The van der Waals surface area contributed by atoms with E-state index in [9.17, 15) is 24.0 Å². The van der Waals surface area contributed by atoms with Crippen LogP contribution in [-0.2, 0) is 40.2 Å². The van der Waals surface area contributed by atoms with Gasteiger partial charge >= 0.3 is 17.6 Å². The Hall–Kier alpha value is -5.06. The first kappa shape index (κ1) is 27.5. The molecule has 0 spiro atoms. The van der Waals surface area contributed by atoms with Gasteiger partial charge in [0.15, 0.2) is 6.61 Å². The van der Waals surface area contributed by atoms with Crippen molar-refractivity contribution in [2.75, 3.05) is 19.5 Å². The summed E-state index contributed by atoms with van der Waals surface area (Å²) in [7, 11) is 1.11. The number of ether oxygens (including phenoxy) is 2. The molecule has 0 unspecified atom stereocenters. The molecule has 2 heterocycles. The molecule has 1 aliphatic rings. The first-order valence-electron chi connectivity index (χ1n) is 13.1. The smallest absolute Gasteiger partial charge is 0.339 e. The fourth-order valence-electron chi connectivity index (χ4n) is 5.11. The number of nitrogens with two attached hydrogens (primary N) is 1. The number of nitrogen functional groups attached to an aromatic ring is 1. The Labute approximate surface area is 234 Å². The Morgan fingerprint density at radius 1 is 0.927 bits per heavy atom. The maximum atomic E-state index is 13.4. The third-order valence-corrected chi connectivity index (χ3v) is 7.15.